The highest BCUT2D eigenvalue weighted by atomic mass is 32.2. The van der Waals surface area contributed by atoms with E-state index in [9.17, 15) is 10.1 Å². The molecule has 0 saturated heterocycles. The highest BCUT2D eigenvalue weighted by Gasteiger charge is 2.30. The summed E-state index contributed by atoms with van der Waals surface area (Å²) in [6, 6.07) is 2.21. The van der Waals surface area contributed by atoms with Gasteiger partial charge in [-0.15, -0.1) is 11.3 Å². The zero-order valence-corrected chi connectivity index (χ0v) is 16.4. The Labute approximate surface area is 156 Å². The maximum absolute atomic E-state index is 12.3. The van der Waals surface area contributed by atoms with Gasteiger partial charge >= 0.3 is 0 Å². The molecule has 0 radical (unpaired) electrons. The van der Waals surface area contributed by atoms with Crippen LogP contribution in [0.4, 0.5) is 0 Å². The zero-order chi connectivity index (χ0) is 18.0. The van der Waals surface area contributed by atoms with Crippen LogP contribution < -0.4 is 5.32 Å². The van der Waals surface area contributed by atoms with Crippen LogP contribution in [0.25, 0.3) is 10.2 Å². The van der Waals surface area contributed by atoms with Crippen LogP contribution in [0.2, 0.25) is 0 Å². The number of carbonyl (C=O) groups is 1. The summed E-state index contributed by atoms with van der Waals surface area (Å²) in [6.07, 6.45) is 6.21. The van der Waals surface area contributed by atoms with Gasteiger partial charge in [0.25, 0.3) is 0 Å². The quantitative estimate of drug-likeness (QED) is 0.637. The molecule has 1 atom stereocenters. The van der Waals surface area contributed by atoms with Crippen LogP contribution >= 0.6 is 23.1 Å². The molecule has 0 bridgehead atoms. The Hall–Kier alpha value is -1.65. The van der Waals surface area contributed by atoms with Gasteiger partial charge in [0.1, 0.15) is 21.7 Å². The number of thiophene rings is 1. The van der Waals surface area contributed by atoms with Crippen LogP contribution in [0.5, 0.6) is 0 Å². The highest BCUT2D eigenvalue weighted by Crippen LogP contribution is 2.39. The molecule has 0 spiro atoms. The molecule has 2 aromatic rings. The van der Waals surface area contributed by atoms with Gasteiger partial charge in [0.05, 0.1) is 11.8 Å². The van der Waals surface area contributed by atoms with Crippen molar-refractivity contribution in [2.45, 2.75) is 57.0 Å². The van der Waals surface area contributed by atoms with Gasteiger partial charge in [-0.25, -0.2) is 9.97 Å². The van der Waals surface area contributed by atoms with Crippen LogP contribution in [0, 0.1) is 17.2 Å². The van der Waals surface area contributed by atoms with E-state index >= 15 is 0 Å². The molecule has 2 aromatic heterocycles. The van der Waals surface area contributed by atoms with Gasteiger partial charge in [-0.1, -0.05) is 25.6 Å². The minimum atomic E-state index is -0.847. The van der Waals surface area contributed by atoms with E-state index in [1.807, 2.05) is 13.8 Å². The molecule has 1 amide bonds. The first kappa shape index (κ1) is 18.2. The SMILES string of the molecule is CC(C)[C@](C)(C#N)NC(=O)CSc1ncnc2sc3c(c12)CCCC3. The van der Waals surface area contributed by atoms with Crippen molar-refractivity contribution in [3.8, 4) is 6.07 Å². The third kappa shape index (κ3) is 3.65. The molecule has 132 valence electrons. The van der Waals surface area contributed by atoms with E-state index in [1.54, 1.807) is 24.6 Å². The molecule has 1 aliphatic carbocycles. The Morgan fingerprint density at radius 2 is 2.20 bits per heavy atom. The van der Waals surface area contributed by atoms with Crippen molar-refractivity contribution in [2.75, 3.05) is 5.75 Å². The predicted molar refractivity (Wildman–Crippen MR) is 102 cm³/mol. The lowest BCUT2D eigenvalue weighted by Gasteiger charge is -2.27. The molecule has 1 aliphatic rings. The van der Waals surface area contributed by atoms with Gasteiger partial charge in [0.2, 0.25) is 5.91 Å². The maximum atomic E-state index is 12.3. The second kappa shape index (κ2) is 7.30. The average molecular weight is 375 g/mol. The monoisotopic (exact) mass is 374 g/mol. The Balaban J connectivity index is 1.77. The lowest BCUT2D eigenvalue weighted by atomic mass is 9.90. The summed E-state index contributed by atoms with van der Waals surface area (Å²) in [6.45, 7) is 5.63. The molecule has 7 heteroatoms. The van der Waals surface area contributed by atoms with Gasteiger partial charge in [-0.05, 0) is 44.1 Å². The minimum Gasteiger partial charge on any atom is -0.337 e. The lowest BCUT2D eigenvalue weighted by Crippen LogP contribution is -2.49. The third-order valence-corrected chi connectivity index (χ3v) is 7.03. The fourth-order valence-electron chi connectivity index (χ4n) is 2.93. The molecular weight excluding hydrogens is 352 g/mol. The van der Waals surface area contributed by atoms with E-state index in [1.165, 1.54) is 35.0 Å². The normalized spacial score (nSPS) is 16.3. The summed E-state index contributed by atoms with van der Waals surface area (Å²) < 4.78 is 0. The van der Waals surface area contributed by atoms with Crippen LogP contribution in [-0.2, 0) is 17.6 Å². The second-order valence-electron chi connectivity index (χ2n) is 6.88. The van der Waals surface area contributed by atoms with Gasteiger partial charge in [0, 0.05) is 10.3 Å². The topological polar surface area (TPSA) is 78.7 Å². The summed E-state index contributed by atoms with van der Waals surface area (Å²) in [5.74, 6) is 0.153. The lowest BCUT2D eigenvalue weighted by molar-refractivity contribution is -0.120. The molecule has 2 heterocycles. The number of aryl methyl sites for hydroxylation is 2. The molecule has 0 saturated carbocycles. The largest absolute Gasteiger partial charge is 0.337 e. The number of carbonyl (C=O) groups excluding carboxylic acids is 1. The number of nitrogens with zero attached hydrogens (tertiary/aromatic N) is 3. The number of nitrogens with one attached hydrogen (secondary N) is 1. The Bertz CT molecular complexity index is 839. The van der Waals surface area contributed by atoms with Gasteiger partial charge in [-0.2, -0.15) is 5.26 Å². The number of hydrogen-bond donors (Lipinski definition) is 1. The second-order valence-corrected chi connectivity index (χ2v) is 8.92. The summed E-state index contributed by atoms with van der Waals surface area (Å²) >= 11 is 3.19. The number of nitriles is 1. The molecule has 0 fully saturated rings. The summed E-state index contributed by atoms with van der Waals surface area (Å²) in [7, 11) is 0. The van der Waals surface area contributed by atoms with Crippen molar-refractivity contribution in [1.29, 1.82) is 5.26 Å². The zero-order valence-electron chi connectivity index (χ0n) is 14.8. The molecular formula is C18H22N4OS2. The van der Waals surface area contributed by atoms with E-state index in [2.05, 4.69) is 21.4 Å². The van der Waals surface area contributed by atoms with Gasteiger partial charge in [0.15, 0.2) is 0 Å². The predicted octanol–water partition coefficient (Wildman–Crippen LogP) is 3.72. The smallest absolute Gasteiger partial charge is 0.231 e. The molecule has 5 nitrogen and oxygen atoms in total. The van der Waals surface area contributed by atoms with Crippen molar-refractivity contribution in [3.63, 3.8) is 0 Å². The molecule has 0 aromatic carbocycles. The maximum Gasteiger partial charge on any atom is 0.231 e. The average Bonchev–Trinajstić information content (AvgIpc) is 2.98. The van der Waals surface area contributed by atoms with Crippen LogP contribution in [0.3, 0.4) is 0 Å². The number of amides is 1. The van der Waals surface area contributed by atoms with Crippen molar-refractivity contribution in [1.82, 2.24) is 15.3 Å². The van der Waals surface area contributed by atoms with E-state index < -0.39 is 5.54 Å². The van der Waals surface area contributed by atoms with Crippen LogP contribution in [-0.4, -0.2) is 27.2 Å². The Kier molecular flexibility index (Phi) is 5.30. The third-order valence-electron chi connectivity index (χ3n) is 4.84. The van der Waals surface area contributed by atoms with Crippen LogP contribution in [0.15, 0.2) is 11.4 Å². The van der Waals surface area contributed by atoms with E-state index in [0.717, 1.165) is 28.1 Å². The molecule has 25 heavy (non-hydrogen) atoms. The van der Waals surface area contributed by atoms with Gasteiger partial charge < -0.3 is 5.32 Å². The number of aromatic nitrogens is 2. The van der Waals surface area contributed by atoms with Crippen molar-refractivity contribution in [3.05, 3.63) is 16.8 Å². The van der Waals surface area contributed by atoms with E-state index in [-0.39, 0.29) is 17.6 Å². The molecule has 3 rings (SSSR count). The highest BCUT2D eigenvalue weighted by molar-refractivity contribution is 8.00. The first-order valence-corrected chi connectivity index (χ1v) is 10.3. The molecule has 0 unspecified atom stereocenters. The van der Waals surface area contributed by atoms with Crippen LogP contribution in [0.1, 0.15) is 44.1 Å². The van der Waals surface area contributed by atoms with Crippen molar-refractivity contribution in [2.24, 2.45) is 5.92 Å². The summed E-state index contributed by atoms with van der Waals surface area (Å²) in [5.41, 5.74) is 0.527. The number of hydrogen-bond acceptors (Lipinski definition) is 6. The van der Waals surface area contributed by atoms with E-state index in [4.69, 9.17) is 0 Å². The molecule has 1 N–H and O–H groups in total. The molecule has 0 aliphatic heterocycles. The Morgan fingerprint density at radius 1 is 1.44 bits per heavy atom. The number of thioether (sulfide) groups is 1. The Morgan fingerprint density at radius 3 is 2.92 bits per heavy atom. The first-order valence-electron chi connectivity index (χ1n) is 8.55. The van der Waals surface area contributed by atoms with Gasteiger partial charge in [-0.3, -0.25) is 4.79 Å². The first-order chi connectivity index (χ1) is 11.9. The minimum absolute atomic E-state index is 0.0427. The fourth-order valence-corrected chi connectivity index (χ4v) is 5.05. The summed E-state index contributed by atoms with van der Waals surface area (Å²) in [4.78, 5) is 23.6. The number of fused-ring (bicyclic) bond motifs is 3. The van der Waals surface area contributed by atoms with E-state index in [0.29, 0.717) is 0 Å². The van der Waals surface area contributed by atoms with Crippen molar-refractivity contribution >= 4 is 39.2 Å². The standard InChI is InChI=1S/C18H22N4OS2/c1-11(2)18(3,9-19)22-14(23)8-24-16-15-12-6-4-5-7-13(12)25-17(15)21-10-20-16/h10-11H,4-8H2,1-3H3,(H,22,23)/t18-/m0/s1. The number of rotatable bonds is 5. The van der Waals surface area contributed by atoms with Crippen molar-refractivity contribution < 1.29 is 4.79 Å². The summed E-state index contributed by atoms with van der Waals surface area (Å²) in [5, 5.41) is 14.2. The fraction of sp³-hybridized carbons (Fsp3) is 0.556.